The lowest BCUT2D eigenvalue weighted by atomic mass is 9.94. The molecule has 108 valence electrons. The van der Waals surface area contributed by atoms with E-state index in [9.17, 15) is 4.79 Å². The molecule has 1 aromatic rings. The highest BCUT2D eigenvalue weighted by atomic mass is 16.5. The zero-order valence-electron chi connectivity index (χ0n) is 12.0. The van der Waals surface area contributed by atoms with Gasteiger partial charge in [-0.2, -0.15) is 0 Å². The van der Waals surface area contributed by atoms with Crippen LogP contribution in [0.5, 0.6) is 0 Å². The summed E-state index contributed by atoms with van der Waals surface area (Å²) in [5.74, 6) is -0.244. The first-order valence-corrected chi connectivity index (χ1v) is 7.43. The van der Waals surface area contributed by atoms with Crippen LogP contribution in [-0.2, 0) is 17.7 Å². The van der Waals surface area contributed by atoms with E-state index >= 15 is 0 Å². The number of nitrogens with one attached hydrogen (secondary N) is 1. The molecule has 0 saturated carbocycles. The second kappa shape index (κ2) is 5.94. The molecular weight excluding hydrogens is 252 g/mol. The number of esters is 1. The highest BCUT2D eigenvalue weighted by molar-refractivity contribution is 5.89. The second-order valence-corrected chi connectivity index (χ2v) is 5.68. The van der Waals surface area contributed by atoms with Gasteiger partial charge in [0, 0.05) is 19.1 Å². The number of fused-ring (bicyclic) bond motifs is 1. The quantitative estimate of drug-likeness (QED) is 0.832. The number of methoxy groups -OCH3 is 1. The van der Waals surface area contributed by atoms with Gasteiger partial charge in [-0.05, 0) is 55.6 Å². The van der Waals surface area contributed by atoms with Crippen LogP contribution >= 0.6 is 0 Å². The van der Waals surface area contributed by atoms with Gasteiger partial charge in [-0.1, -0.05) is 6.07 Å². The van der Waals surface area contributed by atoms with Crippen LogP contribution in [0.25, 0.3) is 0 Å². The summed E-state index contributed by atoms with van der Waals surface area (Å²) in [6.07, 6.45) is 3.54. The van der Waals surface area contributed by atoms with E-state index in [1.54, 1.807) is 0 Å². The molecule has 4 nitrogen and oxygen atoms in total. The van der Waals surface area contributed by atoms with Gasteiger partial charge >= 0.3 is 5.97 Å². The highest BCUT2D eigenvalue weighted by Gasteiger charge is 2.25. The van der Waals surface area contributed by atoms with Crippen molar-refractivity contribution in [2.24, 2.45) is 0 Å². The molecule has 0 aromatic heterocycles. The summed E-state index contributed by atoms with van der Waals surface area (Å²) in [5.41, 5.74) is 3.33. The third-order valence-electron chi connectivity index (χ3n) is 4.49. The molecule has 1 aromatic carbocycles. The Balaban J connectivity index is 1.76. The van der Waals surface area contributed by atoms with Crippen molar-refractivity contribution in [1.82, 2.24) is 10.2 Å². The van der Waals surface area contributed by atoms with Crippen LogP contribution in [0.1, 0.15) is 34.3 Å². The maximum Gasteiger partial charge on any atom is 0.337 e. The van der Waals surface area contributed by atoms with Gasteiger partial charge in [-0.25, -0.2) is 4.79 Å². The van der Waals surface area contributed by atoms with Gasteiger partial charge in [-0.15, -0.1) is 0 Å². The van der Waals surface area contributed by atoms with Gasteiger partial charge in [0.25, 0.3) is 0 Å². The van der Waals surface area contributed by atoms with E-state index in [1.807, 2.05) is 12.1 Å². The Kier molecular flexibility index (Phi) is 4.03. The molecule has 0 spiro atoms. The van der Waals surface area contributed by atoms with E-state index in [0.29, 0.717) is 11.6 Å². The Morgan fingerprint density at radius 2 is 2.10 bits per heavy atom. The maximum atomic E-state index is 11.6. The number of hydrogen-bond acceptors (Lipinski definition) is 4. The van der Waals surface area contributed by atoms with Crippen LogP contribution in [0.2, 0.25) is 0 Å². The minimum Gasteiger partial charge on any atom is -0.465 e. The van der Waals surface area contributed by atoms with Gasteiger partial charge < -0.3 is 10.1 Å². The van der Waals surface area contributed by atoms with Crippen LogP contribution in [-0.4, -0.2) is 43.7 Å². The molecule has 3 rings (SSSR count). The van der Waals surface area contributed by atoms with Crippen LogP contribution in [0.3, 0.4) is 0 Å². The first-order valence-electron chi connectivity index (χ1n) is 7.43. The molecule has 1 saturated heterocycles. The van der Waals surface area contributed by atoms with E-state index in [0.717, 1.165) is 32.6 Å². The van der Waals surface area contributed by atoms with Gasteiger partial charge in [-0.3, -0.25) is 4.90 Å². The number of benzene rings is 1. The van der Waals surface area contributed by atoms with Crippen molar-refractivity contribution in [3.63, 3.8) is 0 Å². The Morgan fingerprint density at radius 3 is 2.85 bits per heavy atom. The fourth-order valence-corrected chi connectivity index (χ4v) is 3.31. The number of ether oxygens (including phenoxy) is 1. The van der Waals surface area contributed by atoms with Crippen LogP contribution < -0.4 is 5.32 Å². The Labute approximate surface area is 120 Å². The predicted octanol–water partition coefficient (Wildman–Crippen LogP) is 1.58. The van der Waals surface area contributed by atoms with E-state index in [1.165, 1.54) is 31.1 Å². The predicted molar refractivity (Wildman–Crippen MR) is 77.8 cm³/mol. The Hall–Kier alpha value is -1.39. The summed E-state index contributed by atoms with van der Waals surface area (Å²) in [6.45, 7) is 4.34. The monoisotopic (exact) mass is 274 g/mol. The minimum absolute atomic E-state index is 0.244. The standard InChI is InChI=1S/C16H22N2O2/c1-20-16(19)13-3-2-12-6-9-18(11-14(12)10-13)15-4-7-17-8-5-15/h2-3,10,15,17H,4-9,11H2,1H3. The van der Waals surface area contributed by atoms with E-state index in [2.05, 4.69) is 16.3 Å². The van der Waals surface area contributed by atoms with E-state index in [4.69, 9.17) is 4.74 Å². The van der Waals surface area contributed by atoms with Gasteiger partial charge in [0.2, 0.25) is 0 Å². The average Bonchev–Trinajstić information content (AvgIpc) is 2.54. The minimum atomic E-state index is -0.244. The fourth-order valence-electron chi connectivity index (χ4n) is 3.31. The second-order valence-electron chi connectivity index (χ2n) is 5.68. The number of nitrogens with zero attached hydrogens (tertiary/aromatic N) is 1. The molecule has 1 fully saturated rings. The number of carbonyl (C=O) groups is 1. The van der Waals surface area contributed by atoms with Crippen molar-refractivity contribution in [2.75, 3.05) is 26.7 Å². The summed E-state index contributed by atoms with van der Waals surface area (Å²) in [5, 5.41) is 3.42. The first-order chi connectivity index (χ1) is 9.78. The summed E-state index contributed by atoms with van der Waals surface area (Å²) < 4.78 is 4.81. The Bertz CT molecular complexity index is 495. The average molecular weight is 274 g/mol. The van der Waals surface area contributed by atoms with Gasteiger partial charge in [0.1, 0.15) is 0 Å². The largest absolute Gasteiger partial charge is 0.465 e. The molecular formula is C16H22N2O2. The van der Waals surface area contributed by atoms with Gasteiger partial charge in [0.15, 0.2) is 0 Å². The van der Waals surface area contributed by atoms with Crippen LogP contribution in [0.4, 0.5) is 0 Å². The number of rotatable bonds is 2. The third kappa shape index (κ3) is 2.72. The summed E-state index contributed by atoms with van der Waals surface area (Å²) in [4.78, 5) is 14.2. The van der Waals surface area contributed by atoms with Crippen molar-refractivity contribution in [3.05, 3.63) is 34.9 Å². The molecule has 0 atom stereocenters. The number of piperidine rings is 1. The molecule has 1 N–H and O–H groups in total. The van der Waals surface area contributed by atoms with E-state index < -0.39 is 0 Å². The zero-order valence-corrected chi connectivity index (χ0v) is 12.0. The molecule has 0 unspecified atom stereocenters. The molecule has 0 amide bonds. The number of carbonyl (C=O) groups excluding carboxylic acids is 1. The topological polar surface area (TPSA) is 41.6 Å². The van der Waals surface area contributed by atoms with Crippen LogP contribution in [0, 0.1) is 0 Å². The van der Waals surface area contributed by atoms with E-state index in [-0.39, 0.29) is 5.97 Å². The molecule has 0 aliphatic carbocycles. The van der Waals surface area contributed by atoms with Crippen molar-refractivity contribution < 1.29 is 9.53 Å². The number of hydrogen-bond donors (Lipinski definition) is 1. The van der Waals surface area contributed by atoms with Crippen molar-refractivity contribution >= 4 is 5.97 Å². The lowest BCUT2D eigenvalue weighted by Gasteiger charge is -2.37. The van der Waals surface area contributed by atoms with Crippen molar-refractivity contribution in [3.8, 4) is 0 Å². The molecule has 2 aliphatic rings. The smallest absolute Gasteiger partial charge is 0.337 e. The van der Waals surface area contributed by atoms with Crippen molar-refractivity contribution in [1.29, 1.82) is 0 Å². The molecule has 2 heterocycles. The fraction of sp³-hybridized carbons (Fsp3) is 0.562. The molecule has 4 heteroatoms. The van der Waals surface area contributed by atoms with Crippen LogP contribution in [0.15, 0.2) is 18.2 Å². The Morgan fingerprint density at radius 1 is 1.30 bits per heavy atom. The summed E-state index contributed by atoms with van der Waals surface area (Å²) in [6, 6.07) is 6.66. The molecule has 0 radical (unpaired) electrons. The molecule has 0 bridgehead atoms. The molecule has 20 heavy (non-hydrogen) atoms. The zero-order chi connectivity index (χ0) is 13.9. The molecule has 2 aliphatic heterocycles. The lowest BCUT2D eigenvalue weighted by molar-refractivity contribution is 0.0600. The third-order valence-corrected chi connectivity index (χ3v) is 4.49. The lowest BCUT2D eigenvalue weighted by Crippen LogP contribution is -2.45. The highest BCUT2D eigenvalue weighted by Crippen LogP contribution is 2.24. The SMILES string of the molecule is COC(=O)c1ccc2c(c1)CN(C1CCNCC1)CC2. The van der Waals surface area contributed by atoms with Gasteiger partial charge in [0.05, 0.1) is 12.7 Å². The first kappa shape index (κ1) is 13.6. The summed E-state index contributed by atoms with van der Waals surface area (Å²) >= 11 is 0. The van der Waals surface area contributed by atoms with Crippen molar-refractivity contribution in [2.45, 2.75) is 31.8 Å². The maximum absolute atomic E-state index is 11.6. The summed E-state index contributed by atoms with van der Waals surface area (Å²) in [7, 11) is 1.43. The normalized spacial score (nSPS) is 20.4.